The summed E-state index contributed by atoms with van der Waals surface area (Å²) in [6.07, 6.45) is 1.98. The summed E-state index contributed by atoms with van der Waals surface area (Å²) in [6.45, 7) is 3.34. The van der Waals surface area contributed by atoms with Gasteiger partial charge in [0.1, 0.15) is 5.75 Å². The van der Waals surface area contributed by atoms with Gasteiger partial charge in [0.05, 0.1) is 7.11 Å². The van der Waals surface area contributed by atoms with E-state index in [1.165, 1.54) is 5.56 Å². The van der Waals surface area contributed by atoms with Crippen molar-refractivity contribution in [2.75, 3.05) is 40.4 Å². The molecule has 1 aromatic rings. The molecule has 0 amide bonds. The molecule has 2 rings (SSSR count). The number of nitrogens with one attached hydrogen (secondary N) is 1. The van der Waals surface area contributed by atoms with Gasteiger partial charge in [-0.1, -0.05) is 12.1 Å². The molecule has 2 N–H and O–H groups in total. The molecule has 2 unspecified atom stereocenters. The predicted molar refractivity (Wildman–Crippen MR) is 81.3 cm³/mol. The second-order valence-electron chi connectivity index (χ2n) is 5.66. The van der Waals surface area contributed by atoms with Gasteiger partial charge in [0.2, 0.25) is 0 Å². The smallest absolute Gasteiger partial charge is 0.118 e. The van der Waals surface area contributed by atoms with E-state index >= 15 is 0 Å². The number of rotatable bonds is 6. The number of likely N-dealkylation sites (N-methyl/N-ethyl adjacent to an activating group) is 1. The van der Waals surface area contributed by atoms with Crippen LogP contribution in [0.15, 0.2) is 24.3 Å². The molecular formula is C16H26N2O2. The van der Waals surface area contributed by atoms with Gasteiger partial charge in [-0.2, -0.15) is 0 Å². The third-order valence-corrected chi connectivity index (χ3v) is 3.99. The van der Waals surface area contributed by atoms with Gasteiger partial charge in [-0.05, 0) is 50.0 Å². The number of nitrogens with zero attached hydrogens (tertiary/aromatic N) is 1. The number of ether oxygens (including phenoxy) is 1. The zero-order chi connectivity index (χ0) is 14.4. The molecule has 1 aromatic carbocycles. The monoisotopic (exact) mass is 278 g/mol. The number of benzene rings is 1. The van der Waals surface area contributed by atoms with Crippen LogP contribution in [0, 0.1) is 0 Å². The number of likely N-dealkylation sites (tertiary alicyclic amines) is 1. The van der Waals surface area contributed by atoms with E-state index in [1.54, 1.807) is 7.11 Å². The van der Waals surface area contributed by atoms with Crippen molar-refractivity contribution in [1.29, 1.82) is 0 Å². The lowest BCUT2D eigenvalue weighted by Crippen LogP contribution is -2.47. The van der Waals surface area contributed by atoms with E-state index in [-0.39, 0.29) is 6.61 Å². The van der Waals surface area contributed by atoms with Gasteiger partial charge in [0.25, 0.3) is 0 Å². The Bertz CT molecular complexity index is 394. The molecule has 20 heavy (non-hydrogen) atoms. The summed E-state index contributed by atoms with van der Waals surface area (Å²) < 4.78 is 5.22. The van der Waals surface area contributed by atoms with Crippen LogP contribution >= 0.6 is 0 Å². The second-order valence-corrected chi connectivity index (χ2v) is 5.66. The van der Waals surface area contributed by atoms with Gasteiger partial charge in [-0.25, -0.2) is 0 Å². The average molecular weight is 278 g/mol. The summed E-state index contributed by atoms with van der Waals surface area (Å²) in [7, 11) is 3.88. The van der Waals surface area contributed by atoms with Gasteiger partial charge in [0.15, 0.2) is 0 Å². The van der Waals surface area contributed by atoms with E-state index in [0.717, 1.165) is 38.2 Å². The fraction of sp³-hybridized carbons (Fsp3) is 0.625. The maximum atomic E-state index is 8.86. The molecular weight excluding hydrogens is 252 g/mol. The topological polar surface area (TPSA) is 44.7 Å². The van der Waals surface area contributed by atoms with E-state index in [4.69, 9.17) is 9.84 Å². The Morgan fingerprint density at radius 3 is 2.70 bits per heavy atom. The third-order valence-electron chi connectivity index (χ3n) is 3.99. The molecule has 1 saturated heterocycles. The molecule has 0 saturated carbocycles. The summed E-state index contributed by atoms with van der Waals surface area (Å²) in [5, 5.41) is 12.4. The van der Waals surface area contributed by atoms with Crippen molar-refractivity contribution in [3.05, 3.63) is 29.8 Å². The van der Waals surface area contributed by atoms with Crippen molar-refractivity contribution in [2.45, 2.75) is 24.8 Å². The first-order valence-corrected chi connectivity index (χ1v) is 7.39. The molecule has 1 aliphatic rings. The maximum absolute atomic E-state index is 8.86. The van der Waals surface area contributed by atoms with Gasteiger partial charge in [-0.15, -0.1) is 0 Å². The normalized spacial score (nSPS) is 23.8. The fourth-order valence-electron chi connectivity index (χ4n) is 2.97. The van der Waals surface area contributed by atoms with Crippen LogP contribution in [0.1, 0.15) is 24.3 Å². The highest BCUT2D eigenvalue weighted by atomic mass is 16.5. The van der Waals surface area contributed by atoms with Crippen molar-refractivity contribution >= 4 is 0 Å². The third kappa shape index (κ3) is 4.20. The Labute approximate surface area is 121 Å². The van der Waals surface area contributed by atoms with Crippen LogP contribution < -0.4 is 10.1 Å². The van der Waals surface area contributed by atoms with Gasteiger partial charge in [0, 0.05) is 25.7 Å². The minimum absolute atomic E-state index is 0.261. The van der Waals surface area contributed by atoms with Crippen LogP contribution in [0.25, 0.3) is 0 Å². The second kappa shape index (κ2) is 7.62. The molecule has 112 valence electrons. The van der Waals surface area contributed by atoms with Crippen molar-refractivity contribution in [3.63, 3.8) is 0 Å². The van der Waals surface area contributed by atoms with Crippen LogP contribution in [0.5, 0.6) is 5.75 Å². The highest BCUT2D eigenvalue weighted by Gasteiger charge is 2.25. The highest BCUT2D eigenvalue weighted by Crippen LogP contribution is 2.27. The Morgan fingerprint density at radius 1 is 1.30 bits per heavy atom. The number of methoxy groups -OCH3 is 1. The minimum atomic E-state index is 0.261. The Kier molecular flexibility index (Phi) is 5.83. The standard InChI is InChI=1S/C16H26N2O2/c1-18-11-14(10-15(12-18)17-8-3-9-19)13-4-6-16(20-2)7-5-13/h4-7,14-15,17,19H,3,8-12H2,1-2H3. The van der Waals surface area contributed by atoms with Crippen LogP contribution in [0.3, 0.4) is 0 Å². The quantitative estimate of drug-likeness (QED) is 0.773. The molecule has 1 aliphatic heterocycles. The van der Waals surface area contributed by atoms with Crippen LogP contribution in [0.4, 0.5) is 0 Å². The van der Waals surface area contributed by atoms with Crippen LogP contribution in [-0.2, 0) is 0 Å². The predicted octanol–water partition coefficient (Wildman–Crippen LogP) is 1.45. The van der Waals surface area contributed by atoms with E-state index in [9.17, 15) is 0 Å². The fourth-order valence-corrected chi connectivity index (χ4v) is 2.97. The molecule has 0 bridgehead atoms. The number of aliphatic hydroxyl groups is 1. The van der Waals surface area contributed by atoms with E-state index in [2.05, 4.69) is 29.4 Å². The van der Waals surface area contributed by atoms with Crippen molar-refractivity contribution < 1.29 is 9.84 Å². The zero-order valence-electron chi connectivity index (χ0n) is 12.5. The summed E-state index contributed by atoms with van der Waals surface area (Å²) in [6, 6.07) is 8.93. The minimum Gasteiger partial charge on any atom is -0.497 e. The average Bonchev–Trinajstić information content (AvgIpc) is 2.47. The lowest BCUT2D eigenvalue weighted by Gasteiger charge is -2.36. The van der Waals surface area contributed by atoms with Gasteiger partial charge >= 0.3 is 0 Å². The summed E-state index contributed by atoms with van der Waals surface area (Å²) in [5.41, 5.74) is 1.38. The first kappa shape index (κ1) is 15.3. The van der Waals surface area contributed by atoms with Crippen molar-refractivity contribution in [3.8, 4) is 5.75 Å². The molecule has 1 fully saturated rings. The maximum Gasteiger partial charge on any atom is 0.118 e. The Morgan fingerprint density at radius 2 is 2.05 bits per heavy atom. The van der Waals surface area contributed by atoms with Crippen molar-refractivity contribution in [1.82, 2.24) is 10.2 Å². The van der Waals surface area contributed by atoms with E-state index in [0.29, 0.717) is 12.0 Å². The molecule has 0 aliphatic carbocycles. The van der Waals surface area contributed by atoms with Gasteiger partial charge < -0.3 is 20.1 Å². The molecule has 1 heterocycles. The van der Waals surface area contributed by atoms with Crippen LogP contribution in [-0.4, -0.2) is 56.4 Å². The number of aliphatic hydroxyl groups excluding tert-OH is 1. The molecule has 2 atom stereocenters. The first-order valence-electron chi connectivity index (χ1n) is 7.39. The summed E-state index contributed by atoms with van der Waals surface area (Å²) in [5.74, 6) is 1.47. The van der Waals surface area contributed by atoms with Crippen molar-refractivity contribution in [2.24, 2.45) is 0 Å². The Balaban J connectivity index is 1.95. The lowest BCUT2D eigenvalue weighted by atomic mass is 9.88. The number of piperidine rings is 1. The molecule has 4 heteroatoms. The molecule has 0 radical (unpaired) electrons. The van der Waals surface area contributed by atoms with E-state index in [1.807, 2.05) is 12.1 Å². The largest absolute Gasteiger partial charge is 0.497 e. The SMILES string of the molecule is COc1ccc(C2CC(NCCCO)CN(C)C2)cc1. The zero-order valence-corrected chi connectivity index (χ0v) is 12.5. The molecule has 4 nitrogen and oxygen atoms in total. The number of hydrogen-bond acceptors (Lipinski definition) is 4. The molecule has 0 spiro atoms. The van der Waals surface area contributed by atoms with E-state index < -0.39 is 0 Å². The van der Waals surface area contributed by atoms with Crippen LogP contribution in [0.2, 0.25) is 0 Å². The van der Waals surface area contributed by atoms with Gasteiger partial charge in [-0.3, -0.25) is 0 Å². The lowest BCUT2D eigenvalue weighted by molar-refractivity contribution is 0.200. The summed E-state index contributed by atoms with van der Waals surface area (Å²) >= 11 is 0. The molecule has 0 aromatic heterocycles. The number of hydrogen-bond donors (Lipinski definition) is 2. The highest BCUT2D eigenvalue weighted by molar-refractivity contribution is 5.30. The summed E-state index contributed by atoms with van der Waals surface area (Å²) in [4.78, 5) is 2.38. The first-order chi connectivity index (χ1) is 9.72. The Hall–Kier alpha value is -1.10.